The number of amides is 3. The number of carbonyl (C=O) groups excluding carboxylic acids is 3. The monoisotopic (exact) mass is 583 g/mol. The minimum atomic E-state index is -0.964. The lowest BCUT2D eigenvalue weighted by Gasteiger charge is -2.55. The molecule has 5 rings (SSSR count). The maximum absolute atomic E-state index is 14.1. The molecule has 43 heavy (non-hydrogen) atoms. The van der Waals surface area contributed by atoms with Gasteiger partial charge >= 0.3 is 0 Å². The summed E-state index contributed by atoms with van der Waals surface area (Å²) < 4.78 is 0. The van der Waals surface area contributed by atoms with Crippen molar-refractivity contribution in [3.05, 3.63) is 118 Å². The van der Waals surface area contributed by atoms with Crippen molar-refractivity contribution in [3.8, 4) is 5.75 Å². The van der Waals surface area contributed by atoms with Crippen molar-refractivity contribution in [1.29, 1.82) is 0 Å². The molecule has 2 aliphatic rings. The van der Waals surface area contributed by atoms with Gasteiger partial charge in [-0.15, -0.1) is 6.58 Å². The summed E-state index contributed by atoms with van der Waals surface area (Å²) in [5.74, 6) is -0.818. The molecule has 2 fully saturated rings. The van der Waals surface area contributed by atoms with Crippen LogP contribution in [0.4, 0.5) is 5.69 Å². The quantitative estimate of drug-likeness (QED) is 0.220. The Hall–Kier alpha value is -5.03. The molecule has 222 valence electrons. The molecule has 3 aromatic carbocycles. The minimum absolute atomic E-state index is 0.0204. The molecule has 3 aromatic rings. The first-order chi connectivity index (χ1) is 20.8. The van der Waals surface area contributed by atoms with Gasteiger partial charge in [0.1, 0.15) is 18.0 Å². The summed E-state index contributed by atoms with van der Waals surface area (Å²) in [5.41, 5.74) is 1.95. The fourth-order valence-corrected chi connectivity index (χ4v) is 5.80. The van der Waals surface area contributed by atoms with Crippen molar-refractivity contribution in [1.82, 2.24) is 19.8 Å². The van der Waals surface area contributed by atoms with Crippen LogP contribution in [0.15, 0.2) is 91.5 Å². The number of carbonyl (C=O) groups is 3. The van der Waals surface area contributed by atoms with E-state index in [4.69, 9.17) is 0 Å². The highest BCUT2D eigenvalue weighted by Gasteiger charge is 2.51. The molecule has 2 aliphatic heterocycles. The van der Waals surface area contributed by atoms with Crippen LogP contribution in [0.1, 0.15) is 23.1 Å². The second kappa shape index (κ2) is 12.9. The number of aryl methyl sites for hydroxylation is 1. The fourth-order valence-electron chi connectivity index (χ4n) is 5.80. The van der Waals surface area contributed by atoms with Gasteiger partial charge in [0.15, 0.2) is 0 Å². The minimum Gasteiger partial charge on any atom is -0.508 e. The number of nitrogens with zero attached hydrogens (tertiary/aromatic N) is 5. The first-order valence-corrected chi connectivity index (χ1v) is 14.1. The van der Waals surface area contributed by atoms with E-state index in [9.17, 15) is 29.6 Å². The average molecular weight is 584 g/mol. The summed E-state index contributed by atoms with van der Waals surface area (Å²) in [5, 5.41) is 24.7. The second-order valence-electron chi connectivity index (χ2n) is 10.6. The number of rotatable bonds is 10. The highest BCUT2D eigenvalue weighted by Crippen LogP contribution is 2.31. The van der Waals surface area contributed by atoms with E-state index in [-0.39, 0.29) is 68.2 Å². The normalized spacial score (nSPS) is 18.8. The fraction of sp³-hybridized carbons (Fsp3) is 0.281. The van der Waals surface area contributed by atoms with Gasteiger partial charge in [-0.25, -0.2) is 10.0 Å². The van der Waals surface area contributed by atoms with E-state index in [1.54, 1.807) is 46.4 Å². The zero-order valence-electron chi connectivity index (χ0n) is 23.6. The third-order valence-corrected chi connectivity index (χ3v) is 7.81. The average Bonchev–Trinajstić information content (AvgIpc) is 3.00. The van der Waals surface area contributed by atoms with Crippen LogP contribution in [-0.4, -0.2) is 79.4 Å². The van der Waals surface area contributed by atoms with Crippen molar-refractivity contribution >= 4 is 23.4 Å². The number of hydrogen-bond acceptors (Lipinski definition) is 7. The lowest BCUT2D eigenvalue weighted by molar-refractivity contribution is -0.385. The van der Waals surface area contributed by atoms with Gasteiger partial charge in [0, 0.05) is 31.0 Å². The molecule has 0 unspecified atom stereocenters. The van der Waals surface area contributed by atoms with Gasteiger partial charge in [0.25, 0.3) is 5.69 Å². The zero-order chi connectivity index (χ0) is 30.5. The van der Waals surface area contributed by atoms with E-state index in [2.05, 4.69) is 6.58 Å². The number of para-hydroxylation sites is 1. The maximum atomic E-state index is 14.1. The van der Waals surface area contributed by atoms with E-state index in [0.29, 0.717) is 17.5 Å². The summed E-state index contributed by atoms with van der Waals surface area (Å²) in [4.78, 5) is 55.9. The molecule has 0 aromatic heterocycles. The van der Waals surface area contributed by atoms with Gasteiger partial charge < -0.3 is 14.9 Å². The van der Waals surface area contributed by atoms with Crippen LogP contribution in [-0.2, 0) is 33.8 Å². The van der Waals surface area contributed by atoms with Crippen LogP contribution in [0.25, 0.3) is 0 Å². The highest BCUT2D eigenvalue weighted by molar-refractivity contribution is 5.92. The van der Waals surface area contributed by atoms with E-state index in [1.165, 1.54) is 28.0 Å². The predicted molar refractivity (Wildman–Crippen MR) is 158 cm³/mol. The lowest BCUT2D eigenvalue weighted by atomic mass is 9.98. The third-order valence-electron chi connectivity index (χ3n) is 7.81. The molecule has 0 saturated carbocycles. The van der Waals surface area contributed by atoms with E-state index in [1.807, 2.05) is 30.3 Å². The number of nitro groups is 1. The van der Waals surface area contributed by atoms with E-state index in [0.717, 1.165) is 5.56 Å². The third kappa shape index (κ3) is 6.41. The standard InChI is InChI=1S/C32H33N5O6/c1-2-18-34-22-31(40)35-28(19-24-12-15-26(38)16-13-24)32(41)33(20-25-10-6-7-11-27(25)37(42)43)21-29(35)36(34)30(39)17-14-23-8-4-3-5-9-23/h2-13,15-16,28-29,38H,1,14,17-22H2/t28-,29-/m0/s1. The number of piperazine rings is 1. The molecular weight excluding hydrogens is 550 g/mol. The number of phenolic OH excluding ortho intramolecular Hbond substituents is 1. The highest BCUT2D eigenvalue weighted by atomic mass is 16.6. The molecule has 3 amide bonds. The van der Waals surface area contributed by atoms with Gasteiger partial charge in [-0.3, -0.25) is 24.5 Å². The summed E-state index contributed by atoms with van der Waals surface area (Å²) in [6.07, 6.45) is 1.60. The predicted octanol–water partition coefficient (Wildman–Crippen LogP) is 3.29. The topological polar surface area (TPSA) is 128 Å². The Morgan fingerprint density at radius 3 is 2.40 bits per heavy atom. The van der Waals surface area contributed by atoms with Crippen molar-refractivity contribution in [2.75, 3.05) is 19.6 Å². The lowest BCUT2D eigenvalue weighted by Crippen LogP contribution is -2.75. The molecule has 0 aliphatic carbocycles. The second-order valence-corrected chi connectivity index (χ2v) is 10.6. The Balaban J connectivity index is 1.52. The van der Waals surface area contributed by atoms with Gasteiger partial charge in [0.05, 0.1) is 24.6 Å². The number of aromatic hydroxyl groups is 1. The summed E-state index contributed by atoms with van der Waals surface area (Å²) in [6.45, 7) is 3.86. The van der Waals surface area contributed by atoms with Crippen LogP contribution in [0, 0.1) is 10.1 Å². The van der Waals surface area contributed by atoms with Crippen molar-refractivity contribution in [2.45, 2.75) is 38.0 Å². The van der Waals surface area contributed by atoms with E-state index >= 15 is 0 Å². The summed E-state index contributed by atoms with van der Waals surface area (Å²) in [6, 6.07) is 21.3. The Morgan fingerprint density at radius 1 is 1.00 bits per heavy atom. The van der Waals surface area contributed by atoms with Crippen molar-refractivity contribution in [3.63, 3.8) is 0 Å². The Kier molecular flexibility index (Phi) is 8.82. The number of fused-ring (bicyclic) bond motifs is 1. The maximum Gasteiger partial charge on any atom is 0.274 e. The van der Waals surface area contributed by atoms with Gasteiger partial charge in [-0.2, -0.15) is 0 Å². The molecule has 0 radical (unpaired) electrons. The van der Waals surface area contributed by atoms with Crippen molar-refractivity contribution in [2.24, 2.45) is 0 Å². The first-order valence-electron chi connectivity index (χ1n) is 14.1. The molecule has 0 spiro atoms. The van der Waals surface area contributed by atoms with Gasteiger partial charge in [0.2, 0.25) is 17.7 Å². The van der Waals surface area contributed by atoms with Crippen LogP contribution in [0.5, 0.6) is 5.75 Å². The largest absolute Gasteiger partial charge is 0.508 e. The number of hydrogen-bond donors (Lipinski definition) is 1. The number of hydrazine groups is 1. The zero-order valence-corrected chi connectivity index (χ0v) is 23.6. The van der Waals surface area contributed by atoms with Crippen LogP contribution in [0.2, 0.25) is 0 Å². The number of benzene rings is 3. The van der Waals surface area contributed by atoms with Crippen LogP contribution < -0.4 is 0 Å². The molecule has 11 nitrogen and oxygen atoms in total. The number of nitro benzene ring substituents is 1. The molecule has 2 atom stereocenters. The van der Waals surface area contributed by atoms with E-state index < -0.39 is 17.1 Å². The summed E-state index contributed by atoms with van der Waals surface area (Å²) >= 11 is 0. The van der Waals surface area contributed by atoms with Crippen molar-refractivity contribution < 1.29 is 24.4 Å². The van der Waals surface area contributed by atoms with Gasteiger partial charge in [-0.05, 0) is 29.7 Å². The van der Waals surface area contributed by atoms with Gasteiger partial charge in [-0.1, -0.05) is 66.7 Å². The molecule has 2 heterocycles. The molecule has 1 N–H and O–H groups in total. The van der Waals surface area contributed by atoms with Crippen LogP contribution in [0.3, 0.4) is 0 Å². The Bertz CT molecular complexity index is 1510. The SMILES string of the molecule is C=CCN1CC(=O)N2[C@@H](Cc3ccc(O)cc3)C(=O)N(Cc3ccccc3[N+](=O)[O-])C[C@@H]2N1C(=O)CCc1ccccc1. The Labute approximate surface area is 249 Å². The molecular formula is C32H33N5O6. The first kappa shape index (κ1) is 29.5. The molecule has 2 saturated heterocycles. The Morgan fingerprint density at radius 2 is 1.70 bits per heavy atom. The molecule has 0 bridgehead atoms. The van der Waals surface area contributed by atoms with Crippen LogP contribution >= 0.6 is 0 Å². The summed E-state index contributed by atoms with van der Waals surface area (Å²) in [7, 11) is 0. The number of phenols is 1. The smallest absolute Gasteiger partial charge is 0.274 e. The molecule has 11 heteroatoms.